The van der Waals surface area contributed by atoms with E-state index in [4.69, 9.17) is 5.73 Å². The van der Waals surface area contributed by atoms with Crippen LogP contribution in [-0.2, 0) is 26.9 Å². The van der Waals surface area contributed by atoms with Gasteiger partial charge < -0.3 is 20.9 Å². The number of pyridine rings is 1. The average Bonchev–Trinajstić information content (AvgIpc) is 3.41. The number of aryl methyl sites for hydroxylation is 4. The summed E-state index contributed by atoms with van der Waals surface area (Å²) in [6, 6.07) is 11.3. The second-order valence-electron chi connectivity index (χ2n) is 8.96. The number of nitrogens with one attached hydrogen (secondary N) is 2. The Bertz CT molecular complexity index is 1450. The van der Waals surface area contributed by atoms with Crippen LogP contribution in [0.15, 0.2) is 47.4 Å². The van der Waals surface area contributed by atoms with Gasteiger partial charge in [-0.05, 0) is 67.5 Å². The number of benzene rings is 1. The predicted molar refractivity (Wildman–Crippen MR) is 142 cm³/mol. The first kappa shape index (κ1) is 22.9. The summed E-state index contributed by atoms with van der Waals surface area (Å²) < 4.78 is 3.07. The Kier molecular flexibility index (Phi) is 5.94. The highest BCUT2D eigenvalue weighted by atomic mass is 32.1. The molecule has 0 bridgehead atoms. The molecule has 180 valence electrons. The van der Waals surface area contributed by atoms with Crippen LogP contribution < -0.4 is 21.9 Å². The first-order valence-electron chi connectivity index (χ1n) is 11.6. The Morgan fingerprint density at radius 1 is 1.11 bits per heavy atom. The van der Waals surface area contributed by atoms with E-state index in [1.165, 1.54) is 32.5 Å². The number of hydrogen-bond donors (Lipinski definition) is 3. The summed E-state index contributed by atoms with van der Waals surface area (Å²) in [6.45, 7) is 1.97. The molecule has 0 atom stereocenters. The van der Waals surface area contributed by atoms with Gasteiger partial charge in [-0.15, -0.1) is 11.3 Å². The van der Waals surface area contributed by atoms with E-state index < -0.39 is 0 Å². The van der Waals surface area contributed by atoms with Crippen molar-refractivity contribution in [2.75, 3.05) is 16.4 Å². The Balaban J connectivity index is 1.45. The van der Waals surface area contributed by atoms with E-state index in [1.807, 2.05) is 31.2 Å². The van der Waals surface area contributed by atoms with Crippen molar-refractivity contribution >= 4 is 40.3 Å². The summed E-state index contributed by atoms with van der Waals surface area (Å²) >= 11 is 1.60. The van der Waals surface area contributed by atoms with Crippen LogP contribution in [0.3, 0.4) is 0 Å². The summed E-state index contributed by atoms with van der Waals surface area (Å²) in [6.07, 6.45) is 6.30. The second-order valence-corrected chi connectivity index (χ2v) is 10.1. The highest BCUT2D eigenvalue weighted by molar-refractivity contribution is 7.14. The highest BCUT2D eigenvalue weighted by Crippen LogP contribution is 2.32. The molecule has 35 heavy (non-hydrogen) atoms. The zero-order valence-electron chi connectivity index (χ0n) is 20.0. The van der Waals surface area contributed by atoms with Crippen molar-refractivity contribution in [1.82, 2.24) is 14.3 Å². The van der Waals surface area contributed by atoms with E-state index in [-0.39, 0.29) is 11.5 Å². The Labute approximate surface area is 207 Å². The van der Waals surface area contributed by atoms with Gasteiger partial charge in [-0.3, -0.25) is 14.3 Å². The normalized spacial score (nSPS) is 12.9. The van der Waals surface area contributed by atoms with Gasteiger partial charge in [0.1, 0.15) is 11.5 Å². The summed E-state index contributed by atoms with van der Waals surface area (Å²) in [5, 5.41) is 10.5. The van der Waals surface area contributed by atoms with Gasteiger partial charge in [-0.1, -0.05) is 12.1 Å². The minimum absolute atomic E-state index is 0.0831. The molecule has 5 rings (SSSR count). The number of nitrogens with zero attached hydrogens (tertiary/aromatic N) is 3. The van der Waals surface area contributed by atoms with E-state index in [0.29, 0.717) is 17.3 Å². The van der Waals surface area contributed by atoms with Crippen LogP contribution in [-0.4, -0.2) is 20.3 Å². The fourth-order valence-corrected chi connectivity index (χ4v) is 5.65. The van der Waals surface area contributed by atoms with Crippen molar-refractivity contribution in [2.45, 2.75) is 32.6 Å². The number of rotatable bonds is 5. The zero-order chi connectivity index (χ0) is 24.7. The van der Waals surface area contributed by atoms with Gasteiger partial charge in [-0.2, -0.15) is 5.10 Å². The average molecular weight is 489 g/mol. The number of hydrogen-bond acceptors (Lipinski definition) is 6. The van der Waals surface area contributed by atoms with E-state index in [2.05, 4.69) is 15.7 Å². The molecule has 1 aliphatic rings. The molecule has 0 saturated heterocycles. The number of carbonyl (C=O) groups excluding carboxylic acids is 1. The van der Waals surface area contributed by atoms with Crippen LogP contribution in [0, 0.1) is 6.92 Å². The third kappa shape index (κ3) is 4.46. The number of nitrogens with two attached hydrogens (primary N) is 1. The molecule has 0 spiro atoms. The monoisotopic (exact) mass is 488 g/mol. The molecule has 1 aliphatic carbocycles. The third-order valence-corrected chi connectivity index (χ3v) is 7.71. The van der Waals surface area contributed by atoms with Crippen molar-refractivity contribution in [1.29, 1.82) is 0 Å². The molecule has 4 aromatic rings. The molecule has 3 aromatic heterocycles. The van der Waals surface area contributed by atoms with Crippen LogP contribution in [0.1, 0.15) is 38.5 Å². The molecular formula is C26H28N6O2S. The van der Waals surface area contributed by atoms with E-state index >= 15 is 0 Å². The topological polar surface area (TPSA) is 107 Å². The number of carbonyl (C=O) groups is 1. The van der Waals surface area contributed by atoms with Gasteiger partial charge in [0.25, 0.3) is 11.5 Å². The van der Waals surface area contributed by atoms with Crippen molar-refractivity contribution < 1.29 is 4.79 Å². The van der Waals surface area contributed by atoms with Gasteiger partial charge in [0.05, 0.1) is 4.88 Å². The zero-order valence-corrected chi connectivity index (χ0v) is 20.8. The van der Waals surface area contributed by atoms with Gasteiger partial charge in [-0.25, -0.2) is 0 Å². The predicted octanol–water partition coefficient (Wildman–Crippen LogP) is 4.61. The fourth-order valence-electron chi connectivity index (χ4n) is 4.50. The number of fused-ring (bicyclic) bond motifs is 1. The molecule has 0 aliphatic heterocycles. The van der Waals surface area contributed by atoms with Crippen LogP contribution in [0.2, 0.25) is 0 Å². The number of amides is 1. The third-order valence-electron chi connectivity index (χ3n) is 6.48. The maximum atomic E-state index is 13.0. The number of anilines is 4. The molecule has 3 heterocycles. The van der Waals surface area contributed by atoms with Gasteiger partial charge in [0.15, 0.2) is 5.82 Å². The van der Waals surface area contributed by atoms with E-state index in [1.54, 1.807) is 43.8 Å². The lowest BCUT2D eigenvalue weighted by molar-refractivity contribution is 0.103. The second kappa shape index (κ2) is 9.07. The molecule has 1 aromatic carbocycles. The molecule has 4 N–H and O–H groups in total. The molecule has 9 heteroatoms. The molecule has 0 fully saturated rings. The maximum absolute atomic E-state index is 13.0. The molecule has 1 amide bonds. The van der Waals surface area contributed by atoms with Gasteiger partial charge in [0.2, 0.25) is 0 Å². The Morgan fingerprint density at radius 3 is 2.66 bits per heavy atom. The molecular weight excluding hydrogens is 460 g/mol. The minimum Gasteiger partial charge on any atom is -0.384 e. The summed E-state index contributed by atoms with van der Waals surface area (Å²) in [7, 11) is 3.45. The lowest BCUT2D eigenvalue weighted by atomic mass is 9.99. The van der Waals surface area contributed by atoms with Crippen LogP contribution in [0.25, 0.3) is 11.1 Å². The van der Waals surface area contributed by atoms with Crippen molar-refractivity contribution in [3.8, 4) is 11.1 Å². The number of aromatic nitrogens is 3. The molecule has 0 radical (unpaired) electrons. The lowest BCUT2D eigenvalue weighted by Crippen LogP contribution is -2.19. The SMILES string of the molecule is Cc1c(NC(=O)c2cc3c(s2)CCCC3)cccc1-c1cc(Nc2cc(N)n(C)n2)c(=O)n(C)c1. The standard InChI is InChI=1S/C26H28N6O2S/c1-15-18(17-11-20(26(34)31(2)14-17)28-24-13-23(27)32(3)30-24)8-6-9-19(15)29-25(33)22-12-16-7-4-5-10-21(16)35-22/h6,8-9,11-14H,4-5,7,10,27H2,1-3H3,(H,28,30)(H,29,33). The quantitative estimate of drug-likeness (QED) is 0.380. The lowest BCUT2D eigenvalue weighted by Gasteiger charge is -2.14. The number of nitrogen functional groups attached to an aromatic ring is 1. The summed E-state index contributed by atoms with van der Waals surface area (Å²) in [5.74, 6) is 0.905. The van der Waals surface area contributed by atoms with Crippen LogP contribution in [0.4, 0.5) is 23.0 Å². The highest BCUT2D eigenvalue weighted by Gasteiger charge is 2.19. The van der Waals surface area contributed by atoms with E-state index in [0.717, 1.165) is 40.1 Å². The summed E-state index contributed by atoms with van der Waals surface area (Å²) in [5.41, 5.74) is 10.8. The maximum Gasteiger partial charge on any atom is 0.274 e. The van der Waals surface area contributed by atoms with Crippen molar-refractivity contribution in [3.63, 3.8) is 0 Å². The largest absolute Gasteiger partial charge is 0.384 e. The number of thiophene rings is 1. The Hall–Kier alpha value is -3.85. The molecule has 8 nitrogen and oxygen atoms in total. The smallest absolute Gasteiger partial charge is 0.274 e. The van der Waals surface area contributed by atoms with Crippen LogP contribution >= 0.6 is 11.3 Å². The van der Waals surface area contributed by atoms with Crippen molar-refractivity contribution in [2.24, 2.45) is 14.1 Å². The first-order valence-corrected chi connectivity index (χ1v) is 12.4. The fraction of sp³-hybridized carbons (Fsp3) is 0.269. The van der Waals surface area contributed by atoms with Gasteiger partial charge in [0, 0.05) is 42.5 Å². The molecule has 0 unspecified atom stereocenters. The van der Waals surface area contributed by atoms with E-state index in [9.17, 15) is 9.59 Å². The minimum atomic E-state index is -0.179. The summed E-state index contributed by atoms with van der Waals surface area (Å²) in [4.78, 5) is 27.9. The Morgan fingerprint density at radius 2 is 1.91 bits per heavy atom. The van der Waals surface area contributed by atoms with Crippen LogP contribution in [0.5, 0.6) is 0 Å². The first-order chi connectivity index (χ1) is 16.8. The van der Waals surface area contributed by atoms with Crippen molar-refractivity contribution in [3.05, 3.63) is 73.8 Å². The van der Waals surface area contributed by atoms with Gasteiger partial charge >= 0.3 is 0 Å². The molecule has 0 saturated carbocycles.